The van der Waals surface area contributed by atoms with Crippen molar-refractivity contribution >= 4 is 28.1 Å². The molecular weight excluding hydrogens is 380 g/mol. The Kier molecular flexibility index (Phi) is 6.02. The first-order valence-corrected chi connectivity index (χ1v) is 7.59. The van der Waals surface area contributed by atoms with Gasteiger partial charge >= 0.3 is 0 Å². The Labute approximate surface area is 146 Å². The molecule has 0 heterocycles. The van der Waals surface area contributed by atoms with E-state index in [9.17, 15) is 15.0 Å². The van der Waals surface area contributed by atoms with E-state index in [1.807, 2.05) is 0 Å². The van der Waals surface area contributed by atoms with E-state index >= 15 is 0 Å². The molecule has 2 rings (SSSR count). The number of phenols is 2. The number of hydrogen-bond donors (Lipinski definition) is 3. The number of rotatable bonds is 6. The molecule has 0 fully saturated rings. The summed E-state index contributed by atoms with van der Waals surface area (Å²) in [7, 11) is 1.56. The predicted molar refractivity (Wildman–Crippen MR) is 91.7 cm³/mol. The predicted octanol–water partition coefficient (Wildman–Crippen LogP) is 2.40. The van der Waals surface area contributed by atoms with E-state index in [1.54, 1.807) is 25.3 Å². The largest absolute Gasteiger partial charge is 0.508 e. The molecule has 24 heavy (non-hydrogen) atoms. The van der Waals surface area contributed by atoms with Gasteiger partial charge in [0.1, 0.15) is 23.0 Å². The number of carbonyl (C=O) groups excluding carboxylic acids is 1. The van der Waals surface area contributed by atoms with Gasteiger partial charge in [-0.05, 0) is 46.3 Å². The van der Waals surface area contributed by atoms with Crippen LogP contribution in [-0.2, 0) is 4.79 Å². The molecule has 126 valence electrons. The summed E-state index contributed by atoms with van der Waals surface area (Å²) >= 11 is 3.32. The van der Waals surface area contributed by atoms with Crippen molar-refractivity contribution in [2.24, 2.45) is 5.10 Å². The molecule has 0 unspecified atom stereocenters. The van der Waals surface area contributed by atoms with Crippen molar-refractivity contribution in [2.45, 2.75) is 0 Å². The van der Waals surface area contributed by atoms with Crippen molar-refractivity contribution in [3.63, 3.8) is 0 Å². The molecule has 3 N–H and O–H groups in total. The lowest BCUT2D eigenvalue weighted by atomic mass is 10.2. The number of halogens is 1. The van der Waals surface area contributed by atoms with E-state index < -0.39 is 5.91 Å². The van der Waals surface area contributed by atoms with Gasteiger partial charge in [0.25, 0.3) is 5.91 Å². The van der Waals surface area contributed by atoms with Gasteiger partial charge in [0.05, 0.1) is 17.8 Å². The van der Waals surface area contributed by atoms with Crippen LogP contribution in [0.1, 0.15) is 5.56 Å². The summed E-state index contributed by atoms with van der Waals surface area (Å²) in [6, 6.07) is 9.14. The Morgan fingerprint density at radius 1 is 1.29 bits per heavy atom. The Morgan fingerprint density at radius 2 is 2.08 bits per heavy atom. The summed E-state index contributed by atoms with van der Waals surface area (Å²) < 4.78 is 11.1. The van der Waals surface area contributed by atoms with E-state index in [-0.39, 0.29) is 18.1 Å². The number of methoxy groups -OCH3 is 1. The highest BCUT2D eigenvalue weighted by atomic mass is 79.9. The first-order valence-electron chi connectivity index (χ1n) is 6.80. The molecule has 0 saturated carbocycles. The van der Waals surface area contributed by atoms with E-state index in [4.69, 9.17) is 9.47 Å². The lowest BCUT2D eigenvalue weighted by Crippen LogP contribution is -2.24. The molecule has 0 saturated heterocycles. The maximum Gasteiger partial charge on any atom is 0.277 e. The van der Waals surface area contributed by atoms with E-state index in [0.717, 1.165) is 0 Å². The Hall–Kier alpha value is -2.74. The quantitative estimate of drug-likeness (QED) is 0.515. The molecule has 0 atom stereocenters. The van der Waals surface area contributed by atoms with Crippen LogP contribution in [0.15, 0.2) is 46.0 Å². The fourth-order valence-corrected chi connectivity index (χ4v) is 2.19. The van der Waals surface area contributed by atoms with Crippen LogP contribution in [0.4, 0.5) is 0 Å². The molecule has 7 nitrogen and oxygen atoms in total. The topological polar surface area (TPSA) is 100 Å². The number of carbonyl (C=O) groups is 1. The summed E-state index contributed by atoms with van der Waals surface area (Å²) in [6.45, 7) is -0.232. The summed E-state index contributed by atoms with van der Waals surface area (Å²) in [5.41, 5.74) is 2.63. The number of benzene rings is 2. The summed E-state index contributed by atoms with van der Waals surface area (Å²) in [4.78, 5) is 11.7. The Bertz CT molecular complexity index is 764. The number of aromatic hydroxyl groups is 2. The summed E-state index contributed by atoms with van der Waals surface area (Å²) in [5.74, 6) is 0.480. The van der Waals surface area contributed by atoms with Gasteiger partial charge in [-0.3, -0.25) is 4.79 Å². The zero-order valence-electron chi connectivity index (χ0n) is 12.7. The van der Waals surface area contributed by atoms with Crippen LogP contribution in [0.2, 0.25) is 0 Å². The third-order valence-corrected chi connectivity index (χ3v) is 3.52. The first kappa shape index (κ1) is 17.6. The second kappa shape index (κ2) is 8.21. The van der Waals surface area contributed by atoms with Crippen molar-refractivity contribution < 1.29 is 24.5 Å². The minimum Gasteiger partial charge on any atom is -0.508 e. The molecule has 0 aliphatic heterocycles. The van der Waals surface area contributed by atoms with Gasteiger partial charge in [-0.15, -0.1) is 0 Å². The molecule has 8 heteroatoms. The van der Waals surface area contributed by atoms with E-state index in [0.29, 0.717) is 21.5 Å². The first-order chi connectivity index (χ1) is 11.5. The van der Waals surface area contributed by atoms with Gasteiger partial charge in [-0.25, -0.2) is 5.43 Å². The van der Waals surface area contributed by atoms with Crippen LogP contribution in [0.25, 0.3) is 0 Å². The van der Waals surface area contributed by atoms with Crippen LogP contribution >= 0.6 is 15.9 Å². The minimum atomic E-state index is -0.466. The molecule has 2 aromatic carbocycles. The maximum atomic E-state index is 11.7. The summed E-state index contributed by atoms with van der Waals surface area (Å²) in [5, 5.41) is 22.5. The van der Waals surface area contributed by atoms with Gasteiger partial charge in [0.2, 0.25) is 0 Å². The van der Waals surface area contributed by atoms with Gasteiger partial charge in [-0.1, -0.05) is 0 Å². The molecule has 1 amide bonds. The van der Waals surface area contributed by atoms with Crippen molar-refractivity contribution in [2.75, 3.05) is 13.7 Å². The number of hydrazone groups is 1. The lowest BCUT2D eigenvalue weighted by Gasteiger charge is -2.08. The highest BCUT2D eigenvalue weighted by Crippen LogP contribution is 2.29. The number of ether oxygens (including phenoxy) is 2. The molecular formula is C16H15BrN2O5. The number of nitrogens with one attached hydrogen (secondary N) is 1. The Balaban J connectivity index is 1.86. The van der Waals surface area contributed by atoms with Gasteiger partial charge in [0.15, 0.2) is 6.61 Å². The van der Waals surface area contributed by atoms with Crippen molar-refractivity contribution in [3.05, 3.63) is 46.4 Å². The lowest BCUT2D eigenvalue weighted by molar-refractivity contribution is -0.123. The van der Waals surface area contributed by atoms with Gasteiger partial charge in [0, 0.05) is 11.6 Å². The molecule has 0 bridgehead atoms. The van der Waals surface area contributed by atoms with E-state index in [2.05, 4.69) is 26.5 Å². The standard InChI is InChI=1S/C16H15BrN2O5/c1-23-12-4-5-15(13(17)7-12)24-9-16(22)19-18-8-10-2-3-11(20)6-14(10)21/h2-8,20-21H,9H2,1H3,(H,19,22)/b18-8+. The SMILES string of the molecule is COc1ccc(OCC(=O)N/N=C/c2ccc(O)cc2O)c(Br)c1. The van der Waals surface area contributed by atoms with Crippen molar-refractivity contribution in [1.82, 2.24) is 5.43 Å². The normalized spacial score (nSPS) is 10.6. The fraction of sp³-hybridized carbons (Fsp3) is 0.125. The Morgan fingerprint density at radius 3 is 2.75 bits per heavy atom. The number of hydrogen-bond acceptors (Lipinski definition) is 6. The molecule has 0 aromatic heterocycles. The van der Waals surface area contributed by atoms with Crippen LogP contribution in [0.5, 0.6) is 23.0 Å². The molecule has 0 spiro atoms. The van der Waals surface area contributed by atoms with Crippen LogP contribution in [0, 0.1) is 0 Å². The van der Waals surface area contributed by atoms with Gasteiger partial charge in [-0.2, -0.15) is 5.10 Å². The maximum absolute atomic E-state index is 11.7. The smallest absolute Gasteiger partial charge is 0.277 e. The highest BCUT2D eigenvalue weighted by molar-refractivity contribution is 9.10. The second-order valence-corrected chi connectivity index (χ2v) is 5.48. The van der Waals surface area contributed by atoms with Crippen molar-refractivity contribution in [3.8, 4) is 23.0 Å². The molecule has 2 aromatic rings. The van der Waals surface area contributed by atoms with Crippen LogP contribution in [0.3, 0.4) is 0 Å². The molecule has 0 aliphatic rings. The summed E-state index contributed by atoms with van der Waals surface area (Å²) in [6.07, 6.45) is 1.26. The molecule has 0 radical (unpaired) electrons. The monoisotopic (exact) mass is 394 g/mol. The second-order valence-electron chi connectivity index (χ2n) is 4.62. The zero-order chi connectivity index (χ0) is 17.5. The van der Waals surface area contributed by atoms with Crippen LogP contribution < -0.4 is 14.9 Å². The minimum absolute atomic E-state index is 0.0628. The zero-order valence-corrected chi connectivity index (χ0v) is 14.3. The van der Waals surface area contributed by atoms with E-state index in [1.165, 1.54) is 24.4 Å². The third kappa shape index (κ3) is 4.88. The number of phenolic OH excluding ortho intramolecular Hbond substituents is 2. The average molecular weight is 395 g/mol. The van der Waals surface area contributed by atoms with Gasteiger partial charge < -0.3 is 19.7 Å². The van der Waals surface area contributed by atoms with Crippen molar-refractivity contribution in [1.29, 1.82) is 0 Å². The number of nitrogens with zero attached hydrogens (tertiary/aromatic N) is 1. The number of amides is 1. The third-order valence-electron chi connectivity index (χ3n) is 2.90. The highest BCUT2D eigenvalue weighted by Gasteiger charge is 2.06. The fourth-order valence-electron chi connectivity index (χ4n) is 1.72. The molecule has 0 aliphatic carbocycles. The van der Waals surface area contributed by atoms with Crippen LogP contribution in [-0.4, -0.2) is 36.1 Å². The average Bonchev–Trinajstić information content (AvgIpc) is 2.55.